The predicted molar refractivity (Wildman–Crippen MR) is 91.3 cm³/mol. The normalized spacial score (nSPS) is 10.0. The van der Waals surface area contributed by atoms with Gasteiger partial charge in [0, 0.05) is 16.6 Å². The van der Waals surface area contributed by atoms with Crippen molar-refractivity contribution < 1.29 is 14.3 Å². The largest absolute Gasteiger partial charge is 0.497 e. The molecule has 0 radical (unpaired) electrons. The van der Waals surface area contributed by atoms with Gasteiger partial charge in [-0.1, -0.05) is 34.1 Å². The van der Waals surface area contributed by atoms with Crippen LogP contribution in [-0.4, -0.2) is 25.5 Å². The molecule has 23 heavy (non-hydrogen) atoms. The molecule has 0 heterocycles. The highest BCUT2D eigenvalue weighted by Crippen LogP contribution is 2.12. The van der Waals surface area contributed by atoms with Crippen molar-refractivity contribution in [1.29, 1.82) is 0 Å². The fourth-order valence-corrected chi connectivity index (χ4v) is 2.34. The van der Waals surface area contributed by atoms with Gasteiger partial charge in [0.15, 0.2) is 0 Å². The molecule has 2 aromatic carbocycles. The molecule has 5 nitrogen and oxygen atoms in total. The fraction of sp³-hybridized carbons (Fsp3) is 0.176. The maximum absolute atomic E-state index is 11.9. The zero-order chi connectivity index (χ0) is 16.7. The van der Waals surface area contributed by atoms with Gasteiger partial charge in [-0.15, -0.1) is 0 Å². The molecule has 0 bridgehead atoms. The van der Waals surface area contributed by atoms with E-state index in [0.717, 1.165) is 15.8 Å². The van der Waals surface area contributed by atoms with Crippen molar-refractivity contribution in [2.45, 2.75) is 6.54 Å². The van der Waals surface area contributed by atoms with Crippen LogP contribution in [0.5, 0.6) is 5.75 Å². The molecule has 120 valence electrons. The Kier molecular flexibility index (Phi) is 6.17. The van der Waals surface area contributed by atoms with E-state index in [9.17, 15) is 9.59 Å². The third kappa shape index (κ3) is 5.41. The molecular formula is C17H17BrN2O3. The Bertz CT molecular complexity index is 704. The number of carbonyl (C=O) groups is 2. The summed E-state index contributed by atoms with van der Waals surface area (Å²) in [6.07, 6.45) is 0. The van der Waals surface area contributed by atoms with Gasteiger partial charge in [0.2, 0.25) is 5.91 Å². The number of hydrogen-bond donors (Lipinski definition) is 2. The van der Waals surface area contributed by atoms with Gasteiger partial charge in [0.05, 0.1) is 13.7 Å². The van der Waals surface area contributed by atoms with Gasteiger partial charge in [-0.05, 0) is 35.9 Å². The van der Waals surface area contributed by atoms with E-state index in [-0.39, 0.29) is 18.4 Å². The maximum atomic E-state index is 11.9. The molecule has 0 spiro atoms. The minimum absolute atomic E-state index is 0.0741. The fourth-order valence-electron chi connectivity index (χ4n) is 1.94. The van der Waals surface area contributed by atoms with E-state index in [1.165, 1.54) is 0 Å². The van der Waals surface area contributed by atoms with Crippen LogP contribution in [0.4, 0.5) is 0 Å². The monoisotopic (exact) mass is 376 g/mol. The number of carbonyl (C=O) groups excluding carboxylic acids is 2. The summed E-state index contributed by atoms with van der Waals surface area (Å²) in [4.78, 5) is 23.7. The lowest BCUT2D eigenvalue weighted by molar-refractivity contribution is -0.120. The summed E-state index contributed by atoms with van der Waals surface area (Å²) in [6, 6.07) is 14.4. The number of nitrogens with one attached hydrogen (secondary N) is 2. The molecule has 0 aliphatic rings. The molecule has 0 aliphatic heterocycles. The minimum Gasteiger partial charge on any atom is -0.497 e. The lowest BCUT2D eigenvalue weighted by Gasteiger charge is -2.08. The summed E-state index contributed by atoms with van der Waals surface area (Å²) in [5.74, 6) is 0.193. The second kappa shape index (κ2) is 8.33. The zero-order valence-corrected chi connectivity index (χ0v) is 14.2. The summed E-state index contributed by atoms with van der Waals surface area (Å²) in [5.41, 5.74) is 1.43. The number of rotatable bonds is 6. The lowest BCUT2D eigenvalue weighted by Crippen LogP contribution is -2.36. The van der Waals surface area contributed by atoms with Crippen LogP contribution in [0.1, 0.15) is 15.9 Å². The van der Waals surface area contributed by atoms with Gasteiger partial charge >= 0.3 is 0 Å². The maximum Gasteiger partial charge on any atom is 0.251 e. The second-order valence-electron chi connectivity index (χ2n) is 4.82. The van der Waals surface area contributed by atoms with Gasteiger partial charge in [0.25, 0.3) is 5.91 Å². The van der Waals surface area contributed by atoms with E-state index in [1.54, 1.807) is 25.3 Å². The first-order valence-electron chi connectivity index (χ1n) is 7.02. The zero-order valence-electron chi connectivity index (χ0n) is 12.6. The van der Waals surface area contributed by atoms with E-state index in [0.29, 0.717) is 12.1 Å². The molecule has 2 aromatic rings. The quantitative estimate of drug-likeness (QED) is 0.813. The molecule has 0 fully saturated rings. The average Bonchev–Trinajstić information content (AvgIpc) is 2.58. The topological polar surface area (TPSA) is 67.4 Å². The summed E-state index contributed by atoms with van der Waals surface area (Å²) in [5, 5.41) is 5.34. The Morgan fingerprint density at radius 1 is 1.09 bits per heavy atom. The van der Waals surface area contributed by atoms with Crippen molar-refractivity contribution >= 4 is 27.7 Å². The Hall–Kier alpha value is -2.34. The van der Waals surface area contributed by atoms with Crippen molar-refractivity contribution in [3.63, 3.8) is 0 Å². The number of ether oxygens (including phenoxy) is 1. The Balaban J connectivity index is 1.79. The first-order valence-corrected chi connectivity index (χ1v) is 7.81. The molecule has 2 rings (SSSR count). The number of methoxy groups -OCH3 is 1. The lowest BCUT2D eigenvalue weighted by atomic mass is 10.2. The first-order chi connectivity index (χ1) is 11.1. The van der Waals surface area contributed by atoms with Crippen molar-refractivity contribution in [2.24, 2.45) is 0 Å². The number of hydrogen-bond acceptors (Lipinski definition) is 3. The number of halogens is 1. The van der Waals surface area contributed by atoms with Crippen LogP contribution in [0.3, 0.4) is 0 Å². The van der Waals surface area contributed by atoms with Crippen LogP contribution in [0, 0.1) is 0 Å². The van der Waals surface area contributed by atoms with E-state index < -0.39 is 0 Å². The highest BCUT2D eigenvalue weighted by atomic mass is 79.9. The average molecular weight is 377 g/mol. The van der Waals surface area contributed by atoms with Gasteiger partial charge in [-0.25, -0.2) is 0 Å². The van der Waals surface area contributed by atoms with Gasteiger partial charge in [0.1, 0.15) is 5.75 Å². The van der Waals surface area contributed by atoms with Gasteiger partial charge < -0.3 is 15.4 Å². The molecule has 2 N–H and O–H groups in total. The van der Waals surface area contributed by atoms with E-state index >= 15 is 0 Å². The molecule has 2 amide bonds. The number of amides is 2. The van der Waals surface area contributed by atoms with Crippen LogP contribution in [-0.2, 0) is 11.3 Å². The molecule has 0 saturated carbocycles. The van der Waals surface area contributed by atoms with Gasteiger partial charge in [-0.2, -0.15) is 0 Å². The smallest absolute Gasteiger partial charge is 0.251 e. The van der Waals surface area contributed by atoms with Crippen LogP contribution < -0.4 is 15.4 Å². The third-order valence-corrected chi connectivity index (χ3v) is 3.61. The molecular weight excluding hydrogens is 360 g/mol. The second-order valence-corrected chi connectivity index (χ2v) is 5.74. The standard InChI is InChI=1S/C17H17BrN2O3/c1-23-15-7-2-4-12(8-15)10-19-16(21)11-20-17(22)13-5-3-6-14(18)9-13/h2-9H,10-11H2,1H3,(H,19,21)(H,20,22). The Morgan fingerprint density at radius 2 is 1.87 bits per heavy atom. The molecule has 0 aromatic heterocycles. The van der Waals surface area contributed by atoms with Gasteiger partial charge in [-0.3, -0.25) is 9.59 Å². The number of benzene rings is 2. The highest BCUT2D eigenvalue weighted by Gasteiger charge is 2.08. The van der Waals surface area contributed by atoms with E-state index in [1.807, 2.05) is 30.3 Å². The van der Waals surface area contributed by atoms with E-state index in [2.05, 4.69) is 26.6 Å². The first kappa shape index (κ1) is 17.0. The molecule has 0 aliphatic carbocycles. The third-order valence-electron chi connectivity index (χ3n) is 3.12. The van der Waals surface area contributed by atoms with Crippen molar-refractivity contribution in [3.05, 3.63) is 64.1 Å². The van der Waals surface area contributed by atoms with Crippen LogP contribution in [0.15, 0.2) is 53.0 Å². The molecule has 0 saturated heterocycles. The van der Waals surface area contributed by atoms with Crippen LogP contribution in [0.2, 0.25) is 0 Å². The van der Waals surface area contributed by atoms with E-state index in [4.69, 9.17) is 4.74 Å². The molecule has 0 unspecified atom stereocenters. The Morgan fingerprint density at radius 3 is 2.61 bits per heavy atom. The molecule has 0 atom stereocenters. The Labute approximate surface area is 143 Å². The van der Waals surface area contributed by atoms with Crippen LogP contribution in [0.25, 0.3) is 0 Å². The SMILES string of the molecule is COc1cccc(CNC(=O)CNC(=O)c2cccc(Br)c2)c1. The van der Waals surface area contributed by atoms with Crippen molar-refractivity contribution in [1.82, 2.24) is 10.6 Å². The van der Waals surface area contributed by atoms with Crippen molar-refractivity contribution in [2.75, 3.05) is 13.7 Å². The predicted octanol–water partition coefficient (Wildman–Crippen LogP) is 2.50. The van der Waals surface area contributed by atoms with Crippen LogP contribution >= 0.6 is 15.9 Å². The highest BCUT2D eigenvalue weighted by molar-refractivity contribution is 9.10. The molecule has 6 heteroatoms. The minimum atomic E-state index is -0.289. The summed E-state index contributed by atoms with van der Waals surface area (Å²) >= 11 is 3.30. The van der Waals surface area contributed by atoms with Crippen molar-refractivity contribution in [3.8, 4) is 5.75 Å². The summed E-state index contributed by atoms with van der Waals surface area (Å²) in [6.45, 7) is 0.304. The summed E-state index contributed by atoms with van der Waals surface area (Å²) in [7, 11) is 1.59. The summed E-state index contributed by atoms with van der Waals surface area (Å²) < 4.78 is 5.94.